The van der Waals surface area contributed by atoms with E-state index in [9.17, 15) is 0 Å². The van der Waals surface area contributed by atoms with Gasteiger partial charge in [-0.3, -0.25) is 0 Å². The van der Waals surface area contributed by atoms with E-state index in [1.807, 2.05) is 19.9 Å². The predicted molar refractivity (Wildman–Crippen MR) is 194 cm³/mol. The minimum absolute atomic E-state index is 0.0364. The molecular weight excluding hydrogens is 558 g/mol. The zero-order chi connectivity index (χ0) is 32.5. The van der Waals surface area contributed by atoms with E-state index in [0.717, 1.165) is 40.9 Å². The summed E-state index contributed by atoms with van der Waals surface area (Å²) in [6.07, 6.45) is 12.3. The lowest BCUT2D eigenvalue weighted by atomic mass is 9.70. The van der Waals surface area contributed by atoms with Crippen LogP contribution in [0.15, 0.2) is 66.7 Å². The number of hydrogen-bond donors (Lipinski definition) is 0. The van der Waals surface area contributed by atoms with Crippen LogP contribution < -0.4 is 4.90 Å². The molecule has 0 aliphatic heterocycles. The fourth-order valence-electron chi connectivity index (χ4n) is 6.92. The highest BCUT2D eigenvalue weighted by molar-refractivity contribution is 5.82. The van der Waals surface area contributed by atoms with Crippen molar-refractivity contribution in [2.75, 3.05) is 19.0 Å². The fraction of sp³-hybridized carbons (Fsp3) is 0.395. The lowest BCUT2D eigenvalue weighted by Crippen LogP contribution is -2.26. The summed E-state index contributed by atoms with van der Waals surface area (Å²) in [5.41, 5.74) is 11.8. The third-order valence-electron chi connectivity index (χ3n) is 9.31. The summed E-state index contributed by atoms with van der Waals surface area (Å²) in [7, 11) is 4.13. The van der Waals surface area contributed by atoms with Gasteiger partial charge in [0, 0.05) is 53.3 Å². The topological polar surface area (TPSA) is 29.0 Å². The number of aromatic nitrogens is 2. The molecule has 1 heterocycles. The van der Waals surface area contributed by atoms with Crippen molar-refractivity contribution in [1.82, 2.24) is 9.97 Å². The van der Waals surface area contributed by atoms with E-state index < -0.39 is 0 Å². The Labute approximate surface area is 277 Å². The van der Waals surface area contributed by atoms with Gasteiger partial charge in [0.1, 0.15) is 0 Å². The van der Waals surface area contributed by atoms with Gasteiger partial charge in [-0.2, -0.15) is 0 Å². The number of unbranched alkanes of at least 4 members (excludes halogenated alkanes) is 6. The summed E-state index contributed by atoms with van der Waals surface area (Å²) in [4.78, 5) is 11.2. The van der Waals surface area contributed by atoms with Crippen molar-refractivity contribution in [2.24, 2.45) is 0 Å². The Morgan fingerprint density at radius 3 is 1.54 bits per heavy atom. The van der Waals surface area contributed by atoms with E-state index in [2.05, 4.69) is 127 Å². The molecule has 1 aromatic heterocycles. The summed E-state index contributed by atoms with van der Waals surface area (Å²) in [6, 6.07) is 24.3. The molecule has 3 heteroatoms. The van der Waals surface area contributed by atoms with E-state index in [-0.39, 0.29) is 5.41 Å². The maximum Gasteiger partial charge on any atom is 0.205 e. The molecule has 3 nitrogen and oxygen atoms in total. The lowest BCUT2D eigenvalue weighted by Gasteiger charge is -2.33. The first-order valence-electron chi connectivity index (χ1n) is 17.3. The molecule has 4 aromatic rings. The third-order valence-corrected chi connectivity index (χ3v) is 9.31. The molecule has 0 radical (unpaired) electrons. The Balaban J connectivity index is 1.57. The molecule has 3 aromatic carbocycles. The fourth-order valence-corrected chi connectivity index (χ4v) is 6.92. The molecule has 0 N–H and O–H groups in total. The molecule has 1 aliphatic carbocycles. The zero-order valence-corrected chi connectivity index (χ0v) is 28.8. The summed E-state index contributed by atoms with van der Waals surface area (Å²) < 4.78 is 0. The van der Waals surface area contributed by atoms with Crippen LogP contribution in [0.2, 0.25) is 0 Å². The number of benzene rings is 3. The van der Waals surface area contributed by atoms with Crippen molar-refractivity contribution in [3.8, 4) is 34.8 Å². The van der Waals surface area contributed by atoms with Crippen LogP contribution in [0.3, 0.4) is 0 Å². The largest absolute Gasteiger partial charge is 0.378 e. The van der Waals surface area contributed by atoms with Crippen LogP contribution in [-0.2, 0) is 5.41 Å². The molecule has 0 bridgehead atoms. The Hall–Kier alpha value is -4.34. The van der Waals surface area contributed by atoms with Crippen molar-refractivity contribution in [3.05, 3.63) is 112 Å². The number of aryl methyl sites for hydroxylation is 2. The van der Waals surface area contributed by atoms with Gasteiger partial charge < -0.3 is 4.90 Å². The highest BCUT2D eigenvalue weighted by Gasteiger charge is 2.42. The van der Waals surface area contributed by atoms with Crippen molar-refractivity contribution in [1.29, 1.82) is 0 Å². The van der Waals surface area contributed by atoms with Crippen LogP contribution in [-0.4, -0.2) is 24.1 Å². The molecule has 0 saturated carbocycles. The van der Waals surface area contributed by atoms with Crippen molar-refractivity contribution < 1.29 is 0 Å². The normalized spacial score (nSPS) is 12.4. The average molecular weight is 608 g/mol. The minimum atomic E-state index is -0.0364. The van der Waals surface area contributed by atoms with Gasteiger partial charge in [-0.15, -0.1) is 0 Å². The number of anilines is 1. The smallest absolute Gasteiger partial charge is 0.205 e. The monoisotopic (exact) mass is 607 g/mol. The molecule has 46 heavy (non-hydrogen) atoms. The van der Waals surface area contributed by atoms with E-state index in [0.29, 0.717) is 5.82 Å². The van der Waals surface area contributed by atoms with Crippen molar-refractivity contribution in [3.63, 3.8) is 0 Å². The molecule has 0 unspecified atom stereocenters. The van der Waals surface area contributed by atoms with E-state index in [1.165, 1.54) is 79.3 Å². The van der Waals surface area contributed by atoms with Gasteiger partial charge in [-0.25, -0.2) is 9.97 Å². The summed E-state index contributed by atoms with van der Waals surface area (Å²) >= 11 is 0. The Morgan fingerprint density at radius 1 is 0.565 bits per heavy atom. The Bertz CT molecular complexity index is 1740. The number of rotatable bonds is 11. The standard InChI is InChI=1S/C43H49N3/c1-7-9-11-13-27-43(28-14-12-10-8-2)40-30-35(16-15-34-17-22-37(23-18-34)46(5)6)19-24-38(40)39-25-20-36(31-41(39)43)21-26-42-44-32(3)29-33(4)45-42/h17-20,22-25,29-31H,7-14,27-28H2,1-6H3. The lowest BCUT2D eigenvalue weighted by molar-refractivity contribution is 0.401. The maximum absolute atomic E-state index is 4.56. The van der Waals surface area contributed by atoms with Crippen molar-refractivity contribution in [2.45, 2.75) is 97.3 Å². The summed E-state index contributed by atoms with van der Waals surface area (Å²) in [5.74, 6) is 14.2. The SMILES string of the molecule is CCCCCCC1(CCCCCC)c2cc(C#Cc3ccc(N(C)C)cc3)ccc2-c2ccc(C#Cc3nc(C)cc(C)n3)cc21. The molecule has 5 rings (SSSR count). The summed E-state index contributed by atoms with van der Waals surface area (Å²) in [6.45, 7) is 8.59. The molecule has 236 valence electrons. The van der Waals surface area contributed by atoms with Gasteiger partial charge >= 0.3 is 0 Å². The second kappa shape index (κ2) is 15.3. The van der Waals surface area contributed by atoms with E-state index in [1.54, 1.807) is 0 Å². The Morgan fingerprint density at radius 2 is 1.04 bits per heavy atom. The quantitative estimate of drug-likeness (QED) is 0.125. The first kappa shape index (κ1) is 33.0. The molecule has 0 saturated heterocycles. The highest BCUT2D eigenvalue weighted by atomic mass is 15.1. The first-order chi connectivity index (χ1) is 22.3. The molecule has 0 atom stereocenters. The molecule has 0 fully saturated rings. The van der Waals surface area contributed by atoms with Crippen molar-refractivity contribution >= 4 is 5.69 Å². The maximum atomic E-state index is 4.56. The van der Waals surface area contributed by atoms with Crippen LogP contribution >= 0.6 is 0 Å². The number of hydrogen-bond acceptors (Lipinski definition) is 3. The minimum Gasteiger partial charge on any atom is -0.378 e. The van der Waals surface area contributed by atoms with Crippen LogP contribution in [0, 0.1) is 37.5 Å². The third kappa shape index (κ3) is 7.71. The molecule has 0 spiro atoms. The molecular formula is C43H49N3. The van der Waals surface area contributed by atoms with Gasteiger partial charge in [0.05, 0.1) is 0 Å². The Kier molecular flexibility index (Phi) is 11.0. The van der Waals surface area contributed by atoms with E-state index in [4.69, 9.17) is 0 Å². The molecule has 0 amide bonds. The predicted octanol–water partition coefficient (Wildman–Crippen LogP) is 10.2. The highest BCUT2D eigenvalue weighted by Crippen LogP contribution is 2.54. The van der Waals surface area contributed by atoms with Crippen LogP contribution in [0.25, 0.3) is 11.1 Å². The van der Waals surface area contributed by atoms with Gasteiger partial charge in [0.2, 0.25) is 5.82 Å². The van der Waals surface area contributed by atoms with Crippen LogP contribution in [0.1, 0.15) is 123 Å². The first-order valence-corrected chi connectivity index (χ1v) is 17.3. The van der Waals surface area contributed by atoms with Gasteiger partial charge in [-0.1, -0.05) is 95.1 Å². The van der Waals surface area contributed by atoms with Gasteiger partial charge in [0.25, 0.3) is 0 Å². The second-order valence-electron chi connectivity index (χ2n) is 13.1. The van der Waals surface area contributed by atoms with Crippen LogP contribution in [0.4, 0.5) is 5.69 Å². The van der Waals surface area contributed by atoms with E-state index >= 15 is 0 Å². The number of fused-ring (bicyclic) bond motifs is 3. The van der Waals surface area contributed by atoms with Gasteiger partial charge in [-0.05, 0) is 109 Å². The number of nitrogens with zero attached hydrogens (tertiary/aromatic N) is 3. The second-order valence-corrected chi connectivity index (χ2v) is 13.1. The molecule has 1 aliphatic rings. The van der Waals surface area contributed by atoms with Gasteiger partial charge in [0.15, 0.2) is 0 Å². The summed E-state index contributed by atoms with van der Waals surface area (Å²) in [5, 5.41) is 0. The van der Waals surface area contributed by atoms with Crippen LogP contribution in [0.5, 0.6) is 0 Å². The zero-order valence-electron chi connectivity index (χ0n) is 28.8. The average Bonchev–Trinajstić information content (AvgIpc) is 3.31.